The van der Waals surface area contributed by atoms with Gasteiger partial charge in [0.1, 0.15) is 6.26 Å². The Morgan fingerprint density at radius 1 is 1.38 bits per heavy atom. The molecular weight excluding hydrogens is 372 g/mol. The number of nitrogens with one attached hydrogen (secondary N) is 1. The number of hydrogen-bond acceptors (Lipinski definition) is 6. The van der Waals surface area contributed by atoms with Crippen molar-refractivity contribution in [3.63, 3.8) is 0 Å². The highest BCUT2D eigenvalue weighted by Gasteiger charge is 2.63. The average Bonchev–Trinajstić information content (AvgIpc) is 3.52. The third-order valence-electron chi connectivity index (χ3n) is 6.62. The Bertz CT molecular complexity index is 887. The number of oxazole rings is 1. The van der Waals surface area contributed by atoms with Crippen molar-refractivity contribution in [2.75, 3.05) is 19.6 Å². The number of pyridine rings is 1. The molecule has 2 aromatic rings. The lowest BCUT2D eigenvalue weighted by atomic mass is 9.73. The molecule has 152 valence electrons. The summed E-state index contributed by atoms with van der Waals surface area (Å²) in [5.41, 5.74) is 1.12. The molecule has 0 aromatic carbocycles. The minimum atomic E-state index is -0.269. The number of likely N-dealkylation sites (tertiary alicyclic amines) is 1. The van der Waals surface area contributed by atoms with Crippen LogP contribution in [0.5, 0.6) is 0 Å². The maximum absolute atomic E-state index is 12.7. The fourth-order valence-electron chi connectivity index (χ4n) is 5.22. The number of ether oxygens (including phenoxy) is 1. The molecule has 3 saturated heterocycles. The number of carbonyl (C=O) groups excluding carboxylic acids is 2. The van der Waals surface area contributed by atoms with Gasteiger partial charge in [-0.25, -0.2) is 4.98 Å². The molecule has 2 amide bonds. The quantitative estimate of drug-likeness (QED) is 0.794. The molecule has 0 unspecified atom stereocenters. The van der Waals surface area contributed by atoms with Crippen molar-refractivity contribution < 1.29 is 18.7 Å². The zero-order chi connectivity index (χ0) is 19.8. The number of nitrogens with zero attached hydrogens (tertiary/aromatic N) is 3. The lowest BCUT2D eigenvalue weighted by molar-refractivity contribution is -0.121. The van der Waals surface area contributed by atoms with Gasteiger partial charge in [0.25, 0.3) is 5.91 Å². The molecule has 1 N–H and O–H groups in total. The van der Waals surface area contributed by atoms with Crippen LogP contribution in [0.3, 0.4) is 0 Å². The SMILES string of the molecule is O=C(CCc1cccnc1)NC[C@H]1[C@H]2CN(C(=O)c3cocn3)C[C@]23CC[C@H]1O3. The minimum absolute atomic E-state index is 0.0409. The predicted molar refractivity (Wildman–Crippen MR) is 102 cm³/mol. The standard InChI is InChI=1S/C21H24N4O4/c26-19(4-3-14-2-1-7-22-8-14)23-9-15-16-10-25(20(27)17-11-28-13-24-17)12-21(16)6-5-18(15)29-21/h1-2,7-8,11,13,15-16,18H,3-6,9-10,12H2,(H,23,26)/t15-,16+,18+,21+/m0/s1. The summed E-state index contributed by atoms with van der Waals surface area (Å²) in [4.78, 5) is 34.9. The number of fused-ring (bicyclic) bond motifs is 1. The smallest absolute Gasteiger partial charge is 0.275 e. The van der Waals surface area contributed by atoms with Crippen LogP contribution >= 0.6 is 0 Å². The second-order valence-corrected chi connectivity index (χ2v) is 8.25. The van der Waals surface area contributed by atoms with Crippen LogP contribution in [-0.2, 0) is 16.0 Å². The second kappa shape index (κ2) is 7.26. The molecule has 29 heavy (non-hydrogen) atoms. The molecule has 2 aromatic heterocycles. The van der Waals surface area contributed by atoms with E-state index in [1.807, 2.05) is 17.0 Å². The van der Waals surface area contributed by atoms with Crippen LogP contribution < -0.4 is 5.32 Å². The van der Waals surface area contributed by atoms with Crippen LogP contribution in [0.2, 0.25) is 0 Å². The van der Waals surface area contributed by atoms with Gasteiger partial charge in [0.2, 0.25) is 5.91 Å². The van der Waals surface area contributed by atoms with Crippen LogP contribution in [0.1, 0.15) is 35.3 Å². The van der Waals surface area contributed by atoms with Crippen molar-refractivity contribution in [3.8, 4) is 0 Å². The van der Waals surface area contributed by atoms with Crippen LogP contribution in [0.25, 0.3) is 0 Å². The number of carbonyl (C=O) groups is 2. The zero-order valence-electron chi connectivity index (χ0n) is 16.1. The molecule has 3 aliphatic heterocycles. The third-order valence-corrected chi connectivity index (χ3v) is 6.62. The van der Waals surface area contributed by atoms with E-state index in [1.54, 1.807) is 12.4 Å². The molecule has 0 aliphatic carbocycles. The van der Waals surface area contributed by atoms with Crippen molar-refractivity contribution in [2.24, 2.45) is 11.8 Å². The summed E-state index contributed by atoms with van der Waals surface area (Å²) in [5.74, 6) is 0.407. The lowest BCUT2D eigenvalue weighted by Gasteiger charge is -2.29. The van der Waals surface area contributed by atoms with Crippen LogP contribution in [0, 0.1) is 11.8 Å². The van der Waals surface area contributed by atoms with Crippen molar-refractivity contribution in [2.45, 2.75) is 37.4 Å². The number of aryl methyl sites for hydroxylation is 1. The Kier molecular flexibility index (Phi) is 4.58. The highest BCUT2D eigenvalue weighted by atomic mass is 16.5. The minimum Gasteiger partial charge on any atom is -0.451 e. The first-order chi connectivity index (χ1) is 14.1. The summed E-state index contributed by atoms with van der Waals surface area (Å²) in [6.07, 6.45) is 9.42. The van der Waals surface area contributed by atoms with E-state index in [0.29, 0.717) is 38.2 Å². The van der Waals surface area contributed by atoms with Crippen molar-refractivity contribution in [1.82, 2.24) is 20.2 Å². The van der Waals surface area contributed by atoms with Gasteiger partial charge in [-0.3, -0.25) is 14.6 Å². The first-order valence-electron chi connectivity index (χ1n) is 10.2. The van der Waals surface area contributed by atoms with E-state index in [-0.39, 0.29) is 35.4 Å². The summed E-state index contributed by atoms with van der Waals surface area (Å²) < 4.78 is 11.3. The van der Waals surface area contributed by atoms with E-state index >= 15 is 0 Å². The Morgan fingerprint density at radius 2 is 2.31 bits per heavy atom. The molecule has 3 aliphatic rings. The van der Waals surface area contributed by atoms with Crippen LogP contribution in [-0.4, -0.2) is 58.0 Å². The van der Waals surface area contributed by atoms with Gasteiger partial charge in [-0.05, 0) is 30.9 Å². The number of hydrogen-bond donors (Lipinski definition) is 1. The zero-order valence-corrected chi connectivity index (χ0v) is 16.1. The van der Waals surface area contributed by atoms with Gasteiger partial charge < -0.3 is 19.4 Å². The normalized spacial score (nSPS) is 29.8. The monoisotopic (exact) mass is 396 g/mol. The van der Waals surface area contributed by atoms with Gasteiger partial charge >= 0.3 is 0 Å². The van der Waals surface area contributed by atoms with E-state index in [9.17, 15) is 9.59 Å². The molecule has 1 spiro atoms. The average molecular weight is 396 g/mol. The summed E-state index contributed by atoms with van der Waals surface area (Å²) >= 11 is 0. The summed E-state index contributed by atoms with van der Waals surface area (Å²) in [5, 5.41) is 3.09. The molecule has 2 bridgehead atoms. The molecular formula is C21H24N4O4. The number of amides is 2. The lowest BCUT2D eigenvalue weighted by Crippen LogP contribution is -2.41. The molecule has 4 atom stereocenters. The van der Waals surface area contributed by atoms with Crippen molar-refractivity contribution >= 4 is 11.8 Å². The molecule has 8 nitrogen and oxygen atoms in total. The number of aromatic nitrogens is 2. The highest BCUT2D eigenvalue weighted by molar-refractivity contribution is 5.92. The third kappa shape index (κ3) is 3.31. The van der Waals surface area contributed by atoms with E-state index in [4.69, 9.17) is 9.15 Å². The van der Waals surface area contributed by atoms with Gasteiger partial charge in [-0.1, -0.05) is 6.07 Å². The molecule has 5 heterocycles. The summed E-state index contributed by atoms with van der Waals surface area (Å²) in [7, 11) is 0. The van der Waals surface area contributed by atoms with Gasteiger partial charge in [-0.15, -0.1) is 0 Å². The van der Waals surface area contributed by atoms with Gasteiger partial charge in [0.15, 0.2) is 12.1 Å². The Hall–Kier alpha value is -2.74. The summed E-state index contributed by atoms with van der Waals surface area (Å²) in [6, 6.07) is 3.86. The Balaban J connectivity index is 1.18. The first-order valence-corrected chi connectivity index (χ1v) is 10.2. The van der Waals surface area contributed by atoms with E-state index in [1.165, 1.54) is 12.7 Å². The van der Waals surface area contributed by atoms with Gasteiger partial charge in [0.05, 0.1) is 18.2 Å². The molecule has 3 fully saturated rings. The van der Waals surface area contributed by atoms with Gasteiger partial charge in [0, 0.05) is 43.7 Å². The first kappa shape index (κ1) is 18.3. The second-order valence-electron chi connectivity index (χ2n) is 8.25. The largest absolute Gasteiger partial charge is 0.451 e. The maximum atomic E-state index is 12.7. The van der Waals surface area contributed by atoms with Crippen LogP contribution in [0.15, 0.2) is 41.6 Å². The molecule has 0 saturated carbocycles. The van der Waals surface area contributed by atoms with E-state index in [2.05, 4.69) is 15.3 Å². The van der Waals surface area contributed by atoms with Gasteiger partial charge in [-0.2, -0.15) is 0 Å². The topological polar surface area (TPSA) is 97.6 Å². The van der Waals surface area contributed by atoms with Crippen molar-refractivity contribution in [1.29, 1.82) is 0 Å². The molecule has 5 rings (SSSR count). The maximum Gasteiger partial charge on any atom is 0.275 e. The number of rotatable bonds is 6. The fraction of sp³-hybridized carbons (Fsp3) is 0.524. The summed E-state index contributed by atoms with van der Waals surface area (Å²) in [6.45, 7) is 1.82. The van der Waals surface area contributed by atoms with Crippen molar-refractivity contribution in [3.05, 3.63) is 48.4 Å². The molecule has 8 heteroatoms. The van der Waals surface area contributed by atoms with E-state index in [0.717, 1.165) is 18.4 Å². The molecule has 0 radical (unpaired) electrons. The highest BCUT2D eigenvalue weighted by Crippen LogP contribution is 2.54. The Morgan fingerprint density at radius 3 is 3.10 bits per heavy atom. The van der Waals surface area contributed by atoms with E-state index < -0.39 is 0 Å². The predicted octanol–water partition coefficient (Wildman–Crippen LogP) is 1.44. The fourth-order valence-corrected chi connectivity index (χ4v) is 5.22. The van der Waals surface area contributed by atoms with Crippen LogP contribution in [0.4, 0.5) is 0 Å². The Labute approximate surface area is 168 Å².